The zero-order valence-electron chi connectivity index (χ0n) is 27.1. The van der Waals surface area contributed by atoms with E-state index < -0.39 is 0 Å². The van der Waals surface area contributed by atoms with Gasteiger partial charge in [-0.05, 0) is 86.3 Å². The van der Waals surface area contributed by atoms with E-state index in [0.717, 1.165) is 50.0 Å². The molecule has 0 bridgehead atoms. The molecular weight excluding hydrogens is 595 g/mol. The second-order valence-electron chi connectivity index (χ2n) is 13.1. The first kappa shape index (κ1) is 27.8. The van der Waals surface area contributed by atoms with Crippen molar-refractivity contribution in [1.82, 2.24) is 0 Å². The Morgan fingerprint density at radius 3 is 1.88 bits per heavy atom. The van der Waals surface area contributed by atoms with Crippen LogP contribution < -0.4 is 0 Å². The van der Waals surface area contributed by atoms with Gasteiger partial charge in [0.2, 0.25) is 0 Å². The first-order valence-electron chi connectivity index (χ1n) is 16.8. The quantitative estimate of drug-likeness (QED) is 0.179. The monoisotopic (exact) mass is 625 g/mol. The summed E-state index contributed by atoms with van der Waals surface area (Å²) >= 11 is 0. The molecule has 0 unspecified atom stereocenters. The summed E-state index contributed by atoms with van der Waals surface area (Å²) in [4.78, 5) is 4.96. The molecule has 1 spiro atoms. The van der Waals surface area contributed by atoms with Crippen LogP contribution in [-0.4, -0.2) is 5.71 Å². The molecule has 2 aliphatic carbocycles. The van der Waals surface area contributed by atoms with Crippen molar-refractivity contribution in [3.8, 4) is 33.4 Å². The van der Waals surface area contributed by atoms with Crippen molar-refractivity contribution < 1.29 is 4.42 Å². The maximum atomic E-state index is 6.44. The van der Waals surface area contributed by atoms with E-state index in [-0.39, 0.29) is 5.41 Å². The van der Waals surface area contributed by atoms with Gasteiger partial charge in [0.15, 0.2) is 0 Å². The van der Waals surface area contributed by atoms with Crippen molar-refractivity contribution in [3.05, 3.63) is 198 Å². The van der Waals surface area contributed by atoms with Crippen LogP contribution in [0.15, 0.2) is 174 Å². The van der Waals surface area contributed by atoms with Crippen molar-refractivity contribution in [1.29, 1.82) is 0 Å². The Hall–Kier alpha value is -6.25. The molecule has 8 aromatic rings. The van der Waals surface area contributed by atoms with Crippen LogP contribution in [-0.2, 0) is 5.41 Å². The summed E-state index contributed by atoms with van der Waals surface area (Å²) in [6.45, 7) is 6.46. The van der Waals surface area contributed by atoms with Gasteiger partial charge >= 0.3 is 0 Å². The van der Waals surface area contributed by atoms with Crippen LogP contribution >= 0.6 is 0 Å². The molecule has 230 valence electrons. The minimum absolute atomic E-state index is 0.374. The van der Waals surface area contributed by atoms with Crippen molar-refractivity contribution >= 4 is 33.3 Å². The molecule has 0 aliphatic heterocycles. The number of furan rings is 1. The van der Waals surface area contributed by atoms with Crippen LogP contribution in [0.1, 0.15) is 40.3 Å². The minimum atomic E-state index is -0.374. The highest BCUT2D eigenvalue weighted by atomic mass is 16.3. The fourth-order valence-corrected chi connectivity index (χ4v) is 8.63. The van der Waals surface area contributed by atoms with Crippen molar-refractivity contribution in [2.75, 3.05) is 0 Å². The van der Waals surface area contributed by atoms with Gasteiger partial charge in [-0.25, -0.2) is 0 Å². The molecular formula is C47H31NO. The highest BCUT2D eigenvalue weighted by Gasteiger charge is 2.51. The van der Waals surface area contributed by atoms with E-state index in [1.807, 2.05) is 37.3 Å². The van der Waals surface area contributed by atoms with Gasteiger partial charge in [-0.1, -0.05) is 146 Å². The van der Waals surface area contributed by atoms with Crippen LogP contribution in [0.3, 0.4) is 0 Å². The minimum Gasteiger partial charge on any atom is -0.456 e. The van der Waals surface area contributed by atoms with Crippen LogP contribution in [0.5, 0.6) is 0 Å². The molecule has 1 aromatic heterocycles. The zero-order valence-corrected chi connectivity index (χ0v) is 27.1. The lowest BCUT2D eigenvalue weighted by molar-refractivity contribution is 0.669. The van der Waals surface area contributed by atoms with Gasteiger partial charge in [-0.15, -0.1) is 0 Å². The molecule has 0 N–H and O–H groups in total. The van der Waals surface area contributed by atoms with Gasteiger partial charge in [0.05, 0.1) is 11.1 Å². The van der Waals surface area contributed by atoms with Crippen molar-refractivity contribution in [3.63, 3.8) is 0 Å². The first-order chi connectivity index (χ1) is 24.1. The fourth-order valence-electron chi connectivity index (χ4n) is 8.63. The zero-order chi connectivity index (χ0) is 32.7. The van der Waals surface area contributed by atoms with Gasteiger partial charge in [0.1, 0.15) is 11.2 Å². The SMILES string of the molecule is C=C(N=C(C)c1ccccc1)c1cccc2oc3ccc(-c4cccc5c4-c4ccccc4C54c5ccccc5-c5ccccc54)cc3c12. The largest absolute Gasteiger partial charge is 0.456 e. The molecule has 0 saturated heterocycles. The van der Waals surface area contributed by atoms with Crippen LogP contribution in [0.25, 0.3) is 61.0 Å². The third-order valence-corrected chi connectivity index (χ3v) is 10.6. The van der Waals surface area contributed by atoms with Crippen LogP contribution in [0.2, 0.25) is 0 Å². The number of fused-ring (bicyclic) bond motifs is 13. The van der Waals surface area contributed by atoms with E-state index in [1.54, 1.807) is 0 Å². The topological polar surface area (TPSA) is 25.5 Å². The molecule has 0 saturated carbocycles. The highest BCUT2D eigenvalue weighted by molar-refractivity contribution is 6.13. The van der Waals surface area contributed by atoms with E-state index in [1.165, 1.54) is 50.1 Å². The predicted octanol–water partition coefficient (Wildman–Crippen LogP) is 12.1. The molecule has 0 atom stereocenters. The summed E-state index contributed by atoms with van der Waals surface area (Å²) < 4.78 is 6.44. The lowest BCUT2D eigenvalue weighted by Crippen LogP contribution is -2.25. The van der Waals surface area contributed by atoms with E-state index >= 15 is 0 Å². The van der Waals surface area contributed by atoms with E-state index in [9.17, 15) is 0 Å². The van der Waals surface area contributed by atoms with Gasteiger partial charge in [0, 0.05) is 22.0 Å². The smallest absolute Gasteiger partial charge is 0.136 e. The molecule has 10 rings (SSSR count). The molecule has 7 aromatic carbocycles. The van der Waals surface area contributed by atoms with E-state index in [0.29, 0.717) is 0 Å². The lowest BCUT2D eigenvalue weighted by atomic mass is 9.70. The Morgan fingerprint density at radius 1 is 0.551 bits per heavy atom. The first-order valence-corrected chi connectivity index (χ1v) is 16.8. The lowest BCUT2D eigenvalue weighted by Gasteiger charge is -2.30. The average Bonchev–Trinajstić information content (AvgIpc) is 3.79. The molecule has 0 radical (unpaired) electrons. The average molecular weight is 626 g/mol. The fraction of sp³-hybridized carbons (Fsp3) is 0.0426. The van der Waals surface area contributed by atoms with Crippen molar-refractivity contribution in [2.24, 2.45) is 4.99 Å². The number of hydrogen-bond donors (Lipinski definition) is 0. The molecule has 0 amide bonds. The van der Waals surface area contributed by atoms with Crippen LogP contribution in [0, 0.1) is 0 Å². The summed E-state index contributed by atoms with van der Waals surface area (Å²) in [5.74, 6) is 0. The van der Waals surface area contributed by atoms with E-state index in [2.05, 4.69) is 134 Å². The standard InChI is InChI=1S/C47H31NO/c1-29(31-14-4-3-5-15-31)48-30(2)33-19-13-25-44-46(33)38-28-32(26-27-43(38)49-44)34-20-12-24-42-45(34)37-18-8-11-23-41(37)47(42)39-21-9-6-16-35(39)36-17-7-10-22-40(36)47/h3-28H,2H2,1H3. The number of hydrogen-bond acceptors (Lipinski definition) is 2. The van der Waals surface area contributed by atoms with E-state index in [4.69, 9.17) is 9.41 Å². The molecule has 49 heavy (non-hydrogen) atoms. The Bertz CT molecular complexity index is 2640. The van der Waals surface area contributed by atoms with Gasteiger partial charge in [-0.2, -0.15) is 0 Å². The van der Waals surface area contributed by atoms with Gasteiger partial charge < -0.3 is 4.42 Å². The Labute approximate surface area is 285 Å². The van der Waals surface area contributed by atoms with Gasteiger partial charge in [0.25, 0.3) is 0 Å². The summed E-state index contributed by atoms with van der Waals surface area (Å²) in [7, 11) is 0. The summed E-state index contributed by atoms with van der Waals surface area (Å²) in [5, 5.41) is 2.10. The Balaban J connectivity index is 1.20. The van der Waals surface area contributed by atoms with Gasteiger partial charge in [-0.3, -0.25) is 4.99 Å². The van der Waals surface area contributed by atoms with Crippen molar-refractivity contribution in [2.45, 2.75) is 12.3 Å². The summed E-state index contributed by atoms with van der Waals surface area (Å²) in [6.07, 6.45) is 0. The molecule has 2 aliphatic rings. The molecule has 0 fully saturated rings. The number of nitrogens with zero attached hydrogens (tertiary/aromatic N) is 1. The predicted molar refractivity (Wildman–Crippen MR) is 203 cm³/mol. The third kappa shape index (κ3) is 3.80. The number of aliphatic imine (C=N–C) groups is 1. The number of rotatable bonds is 4. The number of benzene rings is 7. The second kappa shape index (κ2) is 10.4. The summed E-state index contributed by atoms with van der Waals surface area (Å²) in [6, 6.07) is 56.8. The maximum Gasteiger partial charge on any atom is 0.136 e. The Kier molecular flexibility index (Phi) is 5.89. The second-order valence-corrected chi connectivity index (χ2v) is 13.1. The molecule has 2 heteroatoms. The normalized spacial score (nSPS) is 13.8. The molecule has 1 heterocycles. The molecule has 2 nitrogen and oxygen atoms in total. The van der Waals surface area contributed by atoms with Crippen LogP contribution in [0.4, 0.5) is 0 Å². The Morgan fingerprint density at radius 2 is 1.14 bits per heavy atom. The summed E-state index contributed by atoms with van der Waals surface area (Å²) in [5.41, 5.74) is 18.0. The highest BCUT2D eigenvalue weighted by Crippen LogP contribution is 2.63. The maximum absolute atomic E-state index is 6.44. The third-order valence-electron chi connectivity index (χ3n) is 10.6.